The Hall–Kier alpha value is -1.04. The third kappa shape index (κ3) is 3.25. The highest BCUT2D eigenvalue weighted by Crippen LogP contribution is 2.17. The van der Waals surface area contributed by atoms with Gasteiger partial charge in [0.25, 0.3) is 0 Å². The van der Waals surface area contributed by atoms with Crippen LogP contribution in [-0.4, -0.2) is 50.0 Å². The summed E-state index contributed by atoms with van der Waals surface area (Å²) in [5.74, 6) is 0. The van der Waals surface area contributed by atoms with E-state index in [0.29, 0.717) is 19.5 Å². The Morgan fingerprint density at radius 2 is 2.17 bits per heavy atom. The lowest BCUT2D eigenvalue weighted by Gasteiger charge is -2.23. The summed E-state index contributed by atoms with van der Waals surface area (Å²) >= 11 is 0. The zero-order valence-corrected chi connectivity index (χ0v) is 11.4. The Morgan fingerprint density at radius 1 is 1.39 bits per heavy atom. The quantitative estimate of drug-likeness (QED) is 0.760. The van der Waals surface area contributed by atoms with Gasteiger partial charge in [-0.2, -0.15) is 0 Å². The van der Waals surface area contributed by atoms with Crippen LogP contribution in [0.5, 0.6) is 0 Å². The number of sulfone groups is 1. The minimum Gasteiger partial charge on any atom is -0.332 e. The number of hydrogen-bond donors (Lipinski definition) is 1. The molecule has 1 fully saturated rings. The maximum Gasteiger partial charge on any atom is 0.317 e. The molecule has 1 heterocycles. The summed E-state index contributed by atoms with van der Waals surface area (Å²) in [5, 5.41) is 2.54. The number of carbonyl (C=O) groups excluding carboxylic acids is 1. The van der Waals surface area contributed by atoms with Crippen LogP contribution in [0.4, 0.5) is 4.79 Å². The molecule has 0 aromatic carbocycles. The van der Waals surface area contributed by atoms with Crippen molar-refractivity contribution >= 4 is 15.9 Å². The summed E-state index contributed by atoms with van der Waals surface area (Å²) in [6.45, 7) is 0.848. The molecule has 0 bridgehead atoms. The van der Waals surface area contributed by atoms with Crippen LogP contribution in [-0.2, 0) is 9.84 Å². The highest BCUT2D eigenvalue weighted by atomic mass is 32.2. The number of hydrogen-bond acceptors (Lipinski definition) is 3. The van der Waals surface area contributed by atoms with Crippen LogP contribution in [0, 0.1) is 0 Å². The molecule has 0 radical (unpaired) electrons. The van der Waals surface area contributed by atoms with E-state index in [9.17, 15) is 13.2 Å². The Bertz CT molecular complexity index is 444. The first-order chi connectivity index (χ1) is 8.47. The van der Waals surface area contributed by atoms with Crippen molar-refractivity contribution in [3.05, 3.63) is 12.2 Å². The topological polar surface area (TPSA) is 66.5 Å². The van der Waals surface area contributed by atoms with Gasteiger partial charge in [-0.05, 0) is 25.7 Å². The highest BCUT2D eigenvalue weighted by Gasteiger charge is 2.32. The van der Waals surface area contributed by atoms with Crippen LogP contribution in [0.3, 0.4) is 0 Å². The fourth-order valence-corrected chi connectivity index (χ4v) is 3.43. The maximum atomic E-state index is 12.0. The lowest BCUT2D eigenvalue weighted by molar-refractivity contribution is 0.206. The number of rotatable bonds is 2. The molecule has 2 atom stereocenters. The van der Waals surface area contributed by atoms with Crippen molar-refractivity contribution in [2.75, 3.05) is 19.3 Å². The van der Waals surface area contributed by atoms with Crippen LogP contribution in [0.2, 0.25) is 0 Å². The van der Waals surface area contributed by atoms with Gasteiger partial charge in [0.15, 0.2) is 9.84 Å². The number of likely N-dealkylation sites (tertiary alicyclic amines) is 1. The van der Waals surface area contributed by atoms with Crippen molar-refractivity contribution in [3.63, 3.8) is 0 Å². The third-order valence-electron chi connectivity index (χ3n) is 3.60. The lowest BCUT2D eigenvalue weighted by Crippen LogP contribution is -2.44. The molecular formula is C12H20N2O3S. The molecular weight excluding hydrogens is 252 g/mol. The van der Waals surface area contributed by atoms with E-state index in [4.69, 9.17) is 0 Å². The summed E-state index contributed by atoms with van der Waals surface area (Å²) in [6.07, 6.45) is 9.02. The zero-order chi connectivity index (χ0) is 13.2. The molecule has 1 aliphatic carbocycles. The van der Waals surface area contributed by atoms with Gasteiger partial charge in [0.2, 0.25) is 0 Å². The molecule has 0 aromatic heterocycles. The van der Waals surface area contributed by atoms with Gasteiger partial charge in [-0.25, -0.2) is 13.2 Å². The predicted molar refractivity (Wildman–Crippen MR) is 70.1 cm³/mol. The predicted octanol–water partition coefficient (Wildman–Crippen LogP) is 0.924. The van der Waals surface area contributed by atoms with E-state index < -0.39 is 15.1 Å². The number of allylic oxidation sites excluding steroid dienone is 1. The second-order valence-corrected chi connectivity index (χ2v) is 7.43. The Labute approximate surface area is 108 Å². The number of nitrogens with one attached hydrogen (secondary N) is 1. The minimum absolute atomic E-state index is 0.100. The Morgan fingerprint density at radius 3 is 2.72 bits per heavy atom. The standard InChI is InChI=1S/C12H20N2O3S/c1-18(16,17)11-7-8-14(9-11)12(15)13-10-5-3-2-4-6-10/h3,5,10-11H,2,4,6-9H2,1H3,(H,13,15). The first-order valence-corrected chi connectivity index (χ1v) is 8.33. The molecule has 2 aliphatic rings. The summed E-state index contributed by atoms with van der Waals surface area (Å²) in [6, 6.07) is -0.0405. The average molecular weight is 272 g/mol. The van der Waals surface area contributed by atoms with Crippen molar-refractivity contribution in [1.29, 1.82) is 0 Å². The number of urea groups is 1. The molecule has 0 spiro atoms. The van der Waals surface area contributed by atoms with Gasteiger partial charge in [0.1, 0.15) is 0 Å². The van der Waals surface area contributed by atoms with Gasteiger partial charge in [0.05, 0.1) is 5.25 Å². The molecule has 2 rings (SSSR count). The smallest absolute Gasteiger partial charge is 0.317 e. The van der Waals surface area contributed by atoms with Crippen molar-refractivity contribution in [2.24, 2.45) is 0 Å². The summed E-state index contributed by atoms with van der Waals surface area (Å²) in [4.78, 5) is 13.6. The monoisotopic (exact) mass is 272 g/mol. The average Bonchev–Trinajstić information content (AvgIpc) is 2.79. The van der Waals surface area contributed by atoms with Gasteiger partial charge in [-0.1, -0.05) is 12.2 Å². The van der Waals surface area contributed by atoms with Crippen LogP contribution in [0.1, 0.15) is 25.7 Å². The molecule has 1 saturated heterocycles. The summed E-state index contributed by atoms with van der Waals surface area (Å²) in [5.41, 5.74) is 0. The molecule has 1 aliphatic heterocycles. The first-order valence-electron chi connectivity index (χ1n) is 6.38. The lowest BCUT2D eigenvalue weighted by atomic mass is 10.0. The Balaban J connectivity index is 1.87. The van der Waals surface area contributed by atoms with Gasteiger partial charge in [0, 0.05) is 25.4 Å². The van der Waals surface area contributed by atoms with Gasteiger partial charge in [-0.15, -0.1) is 0 Å². The van der Waals surface area contributed by atoms with Gasteiger partial charge < -0.3 is 10.2 Å². The molecule has 0 aromatic rings. The molecule has 102 valence electrons. The van der Waals surface area contributed by atoms with Crippen LogP contribution >= 0.6 is 0 Å². The van der Waals surface area contributed by atoms with Crippen molar-refractivity contribution < 1.29 is 13.2 Å². The van der Waals surface area contributed by atoms with E-state index in [1.54, 1.807) is 4.90 Å². The van der Waals surface area contributed by atoms with E-state index in [2.05, 4.69) is 11.4 Å². The number of amides is 2. The molecule has 5 nitrogen and oxygen atoms in total. The summed E-state index contributed by atoms with van der Waals surface area (Å²) < 4.78 is 22.8. The van der Waals surface area contributed by atoms with Gasteiger partial charge in [-0.3, -0.25) is 0 Å². The SMILES string of the molecule is CS(=O)(=O)C1CCN(C(=O)NC2C=CCCC2)C1. The van der Waals surface area contributed by atoms with Crippen molar-refractivity contribution in [3.8, 4) is 0 Å². The minimum atomic E-state index is -3.04. The summed E-state index contributed by atoms with van der Waals surface area (Å²) in [7, 11) is -3.04. The normalized spacial score (nSPS) is 28.4. The molecule has 2 unspecified atom stereocenters. The van der Waals surface area contributed by atoms with E-state index in [-0.39, 0.29) is 12.1 Å². The zero-order valence-electron chi connectivity index (χ0n) is 10.6. The molecule has 2 amide bonds. The van der Waals surface area contributed by atoms with E-state index in [1.807, 2.05) is 6.08 Å². The van der Waals surface area contributed by atoms with E-state index in [1.165, 1.54) is 6.26 Å². The van der Waals surface area contributed by atoms with Gasteiger partial charge >= 0.3 is 6.03 Å². The second kappa shape index (κ2) is 5.30. The van der Waals surface area contributed by atoms with Crippen LogP contribution in [0.15, 0.2) is 12.2 Å². The fourth-order valence-electron chi connectivity index (χ4n) is 2.44. The molecule has 1 N–H and O–H groups in total. The number of nitrogens with zero attached hydrogens (tertiary/aromatic N) is 1. The third-order valence-corrected chi connectivity index (χ3v) is 5.20. The van der Waals surface area contributed by atoms with Crippen molar-refractivity contribution in [2.45, 2.75) is 37.0 Å². The fraction of sp³-hybridized carbons (Fsp3) is 0.750. The number of carbonyl (C=O) groups is 1. The van der Waals surface area contributed by atoms with Crippen LogP contribution in [0.25, 0.3) is 0 Å². The van der Waals surface area contributed by atoms with E-state index >= 15 is 0 Å². The van der Waals surface area contributed by atoms with E-state index in [0.717, 1.165) is 19.3 Å². The second-order valence-electron chi connectivity index (χ2n) is 5.10. The Kier molecular flexibility index (Phi) is 3.94. The molecule has 6 heteroatoms. The van der Waals surface area contributed by atoms with Crippen LogP contribution < -0.4 is 5.32 Å². The largest absolute Gasteiger partial charge is 0.332 e. The molecule has 0 saturated carbocycles. The highest BCUT2D eigenvalue weighted by molar-refractivity contribution is 7.91. The first kappa shape index (κ1) is 13.4. The molecule has 18 heavy (non-hydrogen) atoms. The maximum absolute atomic E-state index is 12.0. The van der Waals surface area contributed by atoms with Crippen molar-refractivity contribution in [1.82, 2.24) is 10.2 Å².